The monoisotopic (exact) mass is 294 g/mol. The average molecular weight is 295 g/mol. The van der Waals surface area contributed by atoms with E-state index in [4.69, 9.17) is 16.7 Å². The van der Waals surface area contributed by atoms with Crippen molar-refractivity contribution in [2.45, 2.75) is 17.8 Å². The largest absolute Gasteiger partial charge is 0.477 e. The second kappa shape index (κ2) is 6.04. The van der Waals surface area contributed by atoms with Gasteiger partial charge in [0.2, 0.25) is 0 Å². The highest BCUT2D eigenvalue weighted by atomic mass is 35.5. The standard InChI is InChI=1S/C13H11ClN2O2S/c1-8-6-11(12(17)18)16-13(15-8)19-7-9-4-2-3-5-10(9)14/h2-6H,7H2,1H3,(H,17,18). The summed E-state index contributed by atoms with van der Waals surface area (Å²) in [6.07, 6.45) is 0. The Morgan fingerprint density at radius 3 is 2.79 bits per heavy atom. The van der Waals surface area contributed by atoms with Gasteiger partial charge in [0.15, 0.2) is 10.9 Å². The van der Waals surface area contributed by atoms with E-state index < -0.39 is 5.97 Å². The van der Waals surface area contributed by atoms with E-state index in [1.54, 1.807) is 6.92 Å². The van der Waals surface area contributed by atoms with Gasteiger partial charge in [-0.1, -0.05) is 41.6 Å². The third kappa shape index (κ3) is 3.68. The van der Waals surface area contributed by atoms with Crippen LogP contribution in [0, 0.1) is 6.92 Å². The number of aromatic nitrogens is 2. The quantitative estimate of drug-likeness (QED) is 0.691. The van der Waals surface area contributed by atoms with Crippen molar-refractivity contribution in [2.75, 3.05) is 0 Å². The number of aromatic carboxylic acids is 1. The van der Waals surface area contributed by atoms with E-state index in [0.29, 0.717) is 21.6 Å². The molecule has 1 N–H and O–H groups in total. The van der Waals surface area contributed by atoms with E-state index in [-0.39, 0.29) is 5.69 Å². The maximum atomic E-state index is 10.9. The third-order valence-electron chi connectivity index (χ3n) is 2.37. The zero-order chi connectivity index (χ0) is 13.8. The van der Waals surface area contributed by atoms with E-state index in [9.17, 15) is 4.79 Å². The van der Waals surface area contributed by atoms with Crippen LogP contribution >= 0.6 is 23.4 Å². The summed E-state index contributed by atoms with van der Waals surface area (Å²) in [7, 11) is 0. The summed E-state index contributed by atoms with van der Waals surface area (Å²) in [6.45, 7) is 1.74. The van der Waals surface area contributed by atoms with Crippen molar-refractivity contribution in [1.29, 1.82) is 0 Å². The van der Waals surface area contributed by atoms with E-state index >= 15 is 0 Å². The van der Waals surface area contributed by atoms with Crippen molar-refractivity contribution < 1.29 is 9.90 Å². The number of thioether (sulfide) groups is 1. The van der Waals surface area contributed by atoms with Gasteiger partial charge in [-0.15, -0.1) is 0 Å². The van der Waals surface area contributed by atoms with Crippen LogP contribution in [0.3, 0.4) is 0 Å². The smallest absolute Gasteiger partial charge is 0.354 e. The van der Waals surface area contributed by atoms with Crippen LogP contribution in [0.4, 0.5) is 0 Å². The predicted octanol–water partition coefficient (Wildman–Crippen LogP) is 3.43. The van der Waals surface area contributed by atoms with Gasteiger partial charge in [-0.05, 0) is 24.6 Å². The number of benzene rings is 1. The molecule has 0 aliphatic rings. The lowest BCUT2D eigenvalue weighted by molar-refractivity contribution is 0.0689. The van der Waals surface area contributed by atoms with Crippen molar-refractivity contribution in [3.05, 3.63) is 52.3 Å². The molecular weight excluding hydrogens is 284 g/mol. The van der Waals surface area contributed by atoms with Crippen LogP contribution in [0.25, 0.3) is 0 Å². The molecule has 0 saturated carbocycles. The van der Waals surface area contributed by atoms with Gasteiger partial charge in [0.1, 0.15) is 0 Å². The first kappa shape index (κ1) is 13.8. The van der Waals surface area contributed by atoms with Crippen LogP contribution in [-0.2, 0) is 5.75 Å². The molecule has 0 radical (unpaired) electrons. The van der Waals surface area contributed by atoms with Gasteiger partial charge in [-0.25, -0.2) is 14.8 Å². The van der Waals surface area contributed by atoms with Gasteiger partial charge in [-0.2, -0.15) is 0 Å². The van der Waals surface area contributed by atoms with E-state index in [0.717, 1.165) is 5.56 Å². The molecule has 4 nitrogen and oxygen atoms in total. The lowest BCUT2D eigenvalue weighted by atomic mass is 10.2. The molecule has 0 unspecified atom stereocenters. The SMILES string of the molecule is Cc1cc(C(=O)O)nc(SCc2ccccc2Cl)n1. The molecular formula is C13H11ClN2O2S. The second-order valence-electron chi connectivity index (χ2n) is 3.86. The molecule has 6 heteroatoms. The van der Waals surface area contributed by atoms with E-state index in [2.05, 4.69) is 9.97 Å². The number of carbonyl (C=O) groups is 1. The molecule has 1 aromatic carbocycles. The molecule has 0 atom stereocenters. The van der Waals surface area contributed by atoms with Gasteiger partial charge >= 0.3 is 5.97 Å². The predicted molar refractivity (Wildman–Crippen MR) is 74.7 cm³/mol. The number of rotatable bonds is 4. The normalized spacial score (nSPS) is 10.4. The molecule has 1 heterocycles. The van der Waals surface area contributed by atoms with Gasteiger partial charge in [0.05, 0.1) is 0 Å². The fourth-order valence-electron chi connectivity index (χ4n) is 1.47. The molecule has 0 aliphatic carbocycles. The van der Waals surface area contributed by atoms with Crippen LogP contribution in [0.1, 0.15) is 21.7 Å². The minimum Gasteiger partial charge on any atom is -0.477 e. The lowest BCUT2D eigenvalue weighted by Gasteiger charge is -2.04. The van der Waals surface area contributed by atoms with Crippen molar-refractivity contribution >= 4 is 29.3 Å². The Morgan fingerprint density at radius 1 is 1.37 bits per heavy atom. The molecule has 0 saturated heterocycles. The molecule has 0 amide bonds. The number of hydrogen-bond donors (Lipinski definition) is 1. The van der Waals surface area contributed by atoms with E-state index in [1.165, 1.54) is 17.8 Å². The van der Waals surface area contributed by atoms with Crippen LogP contribution in [0.5, 0.6) is 0 Å². The Balaban J connectivity index is 2.16. The zero-order valence-electron chi connectivity index (χ0n) is 10.1. The molecule has 0 aliphatic heterocycles. The lowest BCUT2D eigenvalue weighted by Crippen LogP contribution is -2.03. The van der Waals surface area contributed by atoms with Gasteiger partial charge < -0.3 is 5.11 Å². The number of halogens is 1. The Morgan fingerprint density at radius 2 is 2.11 bits per heavy atom. The molecule has 0 spiro atoms. The minimum absolute atomic E-state index is 0.00848. The summed E-state index contributed by atoms with van der Waals surface area (Å²) in [5.41, 5.74) is 1.61. The zero-order valence-corrected chi connectivity index (χ0v) is 11.7. The maximum absolute atomic E-state index is 10.9. The Hall–Kier alpha value is -1.59. The summed E-state index contributed by atoms with van der Waals surface area (Å²) >= 11 is 7.42. The van der Waals surface area contributed by atoms with Crippen LogP contribution in [-0.4, -0.2) is 21.0 Å². The number of hydrogen-bond acceptors (Lipinski definition) is 4. The summed E-state index contributed by atoms with van der Waals surface area (Å²) in [5.74, 6) is -0.451. The minimum atomic E-state index is -1.05. The molecule has 19 heavy (non-hydrogen) atoms. The Bertz CT molecular complexity index is 619. The Labute approximate surface area is 119 Å². The molecule has 98 valence electrons. The summed E-state index contributed by atoms with van der Waals surface area (Å²) < 4.78 is 0. The molecule has 0 fully saturated rings. The topological polar surface area (TPSA) is 63.1 Å². The van der Waals surface area contributed by atoms with Crippen molar-refractivity contribution in [2.24, 2.45) is 0 Å². The highest BCUT2D eigenvalue weighted by molar-refractivity contribution is 7.98. The fourth-order valence-corrected chi connectivity index (χ4v) is 2.66. The summed E-state index contributed by atoms with van der Waals surface area (Å²) in [6, 6.07) is 8.95. The molecule has 1 aromatic heterocycles. The number of nitrogens with zero attached hydrogens (tertiary/aromatic N) is 2. The highest BCUT2D eigenvalue weighted by Crippen LogP contribution is 2.24. The molecule has 2 rings (SSSR count). The first-order valence-corrected chi connectivity index (χ1v) is 6.88. The van der Waals surface area contributed by atoms with E-state index in [1.807, 2.05) is 24.3 Å². The van der Waals surface area contributed by atoms with Gasteiger partial charge in [0, 0.05) is 16.5 Å². The first-order valence-electron chi connectivity index (χ1n) is 5.51. The van der Waals surface area contributed by atoms with Gasteiger partial charge in [0.25, 0.3) is 0 Å². The van der Waals surface area contributed by atoms with Crippen molar-refractivity contribution in [3.63, 3.8) is 0 Å². The summed E-state index contributed by atoms with van der Waals surface area (Å²) in [4.78, 5) is 19.1. The van der Waals surface area contributed by atoms with Gasteiger partial charge in [-0.3, -0.25) is 0 Å². The highest BCUT2D eigenvalue weighted by Gasteiger charge is 2.09. The fraction of sp³-hybridized carbons (Fsp3) is 0.154. The Kier molecular flexibility index (Phi) is 4.39. The maximum Gasteiger partial charge on any atom is 0.354 e. The first-order chi connectivity index (χ1) is 9.06. The summed E-state index contributed by atoms with van der Waals surface area (Å²) in [5, 5.41) is 10.1. The number of carboxylic acid groups (broad SMARTS) is 1. The molecule has 2 aromatic rings. The van der Waals surface area contributed by atoms with Crippen molar-refractivity contribution in [3.8, 4) is 0 Å². The number of carboxylic acids is 1. The number of aryl methyl sites for hydroxylation is 1. The van der Waals surface area contributed by atoms with Crippen LogP contribution in [0.2, 0.25) is 5.02 Å². The average Bonchev–Trinajstić information content (AvgIpc) is 2.37. The van der Waals surface area contributed by atoms with Crippen LogP contribution < -0.4 is 0 Å². The third-order valence-corrected chi connectivity index (χ3v) is 3.63. The van der Waals surface area contributed by atoms with Crippen LogP contribution in [0.15, 0.2) is 35.5 Å². The second-order valence-corrected chi connectivity index (χ2v) is 5.21. The van der Waals surface area contributed by atoms with Crippen molar-refractivity contribution in [1.82, 2.24) is 9.97 Å². The molecule has 0 bridgehead atoms.